The van der Waals surface area contributed by atoms with Crippen molar-refractivity contribution in [2.75, 3.05) is 28.4 Å². The van der Waals surface area contributed by atoms with E-state index >= 15 is 0 Å². The smallest absolute Gasteiger partial charge is 0.262 e. The summed E-state index contributed by atoms with van der Waals surface area (Å²) in [5, 5.41) is 3.05. The molecule has 2 N–H and O–H groups in total. The number of H-pyrrole nitrogens is 1. The second kappa shape index (κ2) is 13.0. The molecule has 0 atom stereocenters. The van der Waals surface area contributed by atoms with Gasteiger partial charge in [0.25, 0.3) is 5.91 Å². The highest BCUT2D eigenvalue weighted by Gasteiger charge is 2.47. The van der Waals surface area contributed by atoms with Gasteiger partial charge in [0, 0.05) is 22.3 Å². The van der Waals surface area contributed by atoms with Gasteiger partial charge >= 0.3 is 0 Å². The van der Waals surface area contributed by atoms with Gasteiger partial charge in [-0.25, -0.2) is 9.98 Å². The highest BCUT2D eigenvalue weighted by molar-refractivity contribution is 6.16. The summed E-state index contributed by atoms with van der Waals surface area (Å²) in [5.41, 5.74) is 5.38. The Labute approximate surface area is 284 Å². The molecule has 0 saturated heterocycles. The van der Waals surface area contributed by atoms with Crippen LogP contribution in [-0.2, 0) is 10.3 Å². The zero-order chi connectivity index (χ0) is 34.0. The predicted octanol–water partition coefficient (Wildman–Crippen LogP) is 7.27. The van der Waals surface area contributed by atoms with Crippen molar-refractivity contribution in [1.29, 1.82) is 0 Å². The van der Waals surface area contributed by atoms with Gasteiger partial charge in [0.1, 0.15) is 34.7 Å². The number of aromatic nitrogens is 2. The summed E-state index contributed by atoms with van der Waals surface area (Å²) in [6.07, 6.45) is 0. The predicted molar refractivity (Wildman–Crippen MR) is 189 cm³/mol. The molecule has 6 aromatic rings. The molecule has 0 radical (unpaired) electrons. The lowest BCUT2D eigenvalue weighted by Crippen LogP contribution is -2.38. The van der Waals surface area contributed by atoms with Gasteiger partial charge in [-0.05, 0) is 83.9 Å². The molecule has 5 aromatic carbocycles. The zero-order valence-corrected chi connectivity index (χ0v) is 27.5. The van der Waals surface area contributed by atoms with Crippen molar-refractivity contribution in [2.24, 2.45) is 4.99 Å². The van der Waals surface area contributed by atoms with Crippen LogP contribution in [0.1, 0.15) is 16.7 Å². The number of nitrogens with one attached hydrogen (secondary N) is 2. The third-order valence-electron chi connectivity index (χ3n) is 8.73. The molecule has 0 unspecified atom stereocenters. The number of amides is 1. The van der Waals surface area contributed by atoms with Crippen molar-refractivity contribution in [3.05, 3.63) is 138 Å². The SMILES string of the molecule is COc1ccc(-c2nc(-c3ccc(C4=NC(c5ccc(OC)cc5)(c5ccc(OC)cc5)C(=O)N4)cc3)[nH]c2-c2ccc(OC)cc2)cc1. The molecule has 2 heterocycles. The van der Waals surface area contributed by atoms with E-state index in [1.807, 2.05) is 121 Å². The van der Waals surface area contributed by atoms with Gasteiger partial charge in [0.05, 0.1) is 39.8 Å². The third-order valence-corrected chi connectivity index (χ3v) is 8.73. The Morgan fingerprint density at radius 2 is 0.918 bits per heavy atom. The second-order valence-electron chi connectivity index (χ2n) is 11.4. The minimum absolute atomic E-state index is 0.249. The van der Waals surface area contributed by atoms with Crippen LogP contribution in [0, 0.1) is 0 Å². The first-order chi connectivity index (χ1) is 23.9. The first-order valence-corrected chi connectivity index (χ1v) is 15.7. The molecule has 1 aliphatic rings. The molecular weight excluding hydrogens is 616 g/mol. The molecule has 1 aromatic heterocycles. The second-order valence-corrected chi connectivity index (χ2v) is 11.4. The van der Waals surface area contributed by atoms with E-state index in [-0.39, 0.29) is 5.91 Å². The molecule has 0 bridgehead atoms. The van der Waals surface area contributed by atoms with Crippen LogP contribution in [0.25, 0.3) is 33.9 Å². The van der Waals surface area contributed by atoms with E-state index in [1.165, 1.54) is 0 Å². The van der Waals surface area contributed by atoms with Crippen LogP contribution >= 0.6 is 0 Å². The molecule has 0 saturated carbocycles. The quantitative estimate of drug-likeness (QED) is 0.162. The number of hydrogen-bond acceptors (Lipinski definition) is 7. The van der Waals surface area contributed by atoms with Crippen LogP contribution in [0.5, 0.6) is 23.0 Å². The lowest BCUT2D eigenvalue weighted by atomic mass is 9.83. The minimum Gasteiger partial charge on any atom is -0.497 e. The number of hydrogen-bond donors (Lipinski definition) is 2. The average Bonchev–Trinajstić information content (AvgIpc) is 3.77. The van der Waals surface area contributed by atoms with E-state index in [9.17, 15) is 4.79 Å². The van der Waals surface area contributed by atoms with Crippen LogP contribution in [0.2, 0.25) is 0 Å². The van der Waals surface area contributed by atoms with Gasteiger partial charge in [-0.3, -0.25) is 4.79 Å². The Morgan fingerprint density at radius 3 is 1.39 bits per heavy atom. The van der Waals surface area contributed by atoms with Crippen molar-refractivity contribution in [1.82, 2.24) is 15.3 Å². The minimum atomic E-state index is -1.30. The molecule has 9 nitrogen and oxygen atoms in total. The number of carbonyl (C=O) groups is 1. The number of amidine groups is 1. The number of imidazole rings is 1. The lowest BCUT2D eigenvalue weighted by Gasteiger charge is -2.25. The Kier molecular flexibility index (Phi) is 8.32. The highest BCUT2D eigenvalue weighted by Crippen LogP contribution is 2.40. The number of carbonyl (C=O) groups excluding carboxylic acids is 1. The number of aromatic amines is 1. The van der Waals surface area contributed by atoms with E-state index < -0.39 is 5.54 Å². The zero-order valence-electron chi connectivity index (χ0n) is 27.5. The monoisotopic (exact) mass is 650 g/mol. The fourth-order valence-electron chi connectivity index (χ4n) is 6.02. The maximum absolute atomic E-state index is 13.9. The van der Waals surface area contributed by atoms with Gasteiger partial charge in [-0.1, -0.05) is 48.5 Å². The van der Waals surface area contributed by atoms with Crippen molar-refractivity contribution >= 4 is 11.7 Å². The van der Waals surface area contributed by atoms with E-state index in [4.69, 9.17) is 28.9 Å². The number of aliphatic imine (C=N–C) groups is 1. The number of nitrogens with zero attached hydrogens (tertiary/aromatic N) is 2. The summed E-state index contributed by atoms with van der Waals surface area (Å²) < 4.78 is 21.5. The van der Waals surface area contributed by atoms with Crippen molar-refractivity contribution < 1.29 is 23.7 Å². The number of ether oxygens (including phenoxy) is 4. The van der Waals surface area contributed by atoms with Gasteiger partial charge in [0.15, 0.2) is 5.54 Å². The number of benzene rings is 5. The molecule has 1 aliphatic heterocycles. The number of rotatable bonds is 10. The third kappa shape index (κ3) is 5.76. The van der Waals surface area contributed by atoms with Gasteiger partial charge in [-0.15, -0.1) is 0 Å². The molecule has 244 valence electrons. The van der Waals surface area contributed by atoms with E-state index in [0.29, 0.717) is 23.2 Å². The fraction of sp³-hybridized carbons (Fsp3) is 0.125. The maximum atomic E-state index is 13.9. The average molecular weight is 651 g/mol. The molecule has 49 heavy (non-hydrogen) atoms. The van der Waals surface area contributed by atoms with Crippen LogP contribution in [0.3, 0.4) is 0 Å². The first-order valence-electron chi connectivity index (χ1n) is 15.7. The van der Waals surface area contributed by atoms with Crippen LogP contribution in [0.4, 0.5) is 0 Å². The molecule has 0 aliphatic carbocycles. The standard InChI is InChI=1S/C40H34N4O5/c1-46-31-17-9-25(10-18-31)35-36(26-11-19-32(47-2)20-12-26)42-37(41-35)27-5-7-28(8-6-27)38-43-39(45)40(44-38,29-13-21-33(48-3)22-14-29)30-15-23-34(49-4)24-16-30/h5-24H,1-4H3,(H,41,42)(H,43,44,45). The topological polar surface area (TPSA) is 107 Å². The highest BCUT2D eigenvalue weighted by atomic mass is 16.5. The number of methoxy groups -OCH3 is 4. The van der Waals surface area contributed by atoms with Gasteiger partial charge in [0.2, 0.25) is 0 Å². The largest absolute Gasteiger partial charge is 0.497 e. The van der Waals surface area contributed by atoms with Crippen LogP contribution in [-0.4, -0.2) is 50.1 Å². The van der Waals surface area contributed by atoms with Crippen LogP contribution in [0.15, 0.2) is 126 Å². The van der Waals surface area contributed by atoms with E-state index in [2.05, 4.69) is 10.3 Å². The molecular formula is C40H34N4O5. The summed E-state index contributed by atoms with van der Waals surface area (Å²) in [4.78, 5) is 27.6. The van der Waals surface area contributed by atoms with Crippen molar-refractivity contribution in [3.8, 4) is 56.9 Å². The normalized spacial score (nSPS) is 13.4. The molecule has 9 heteroatoms. The van der Waals surface area contributed by atoms with E-state index in [1.54, 1.807) is 28.4 Å². The lowest BCUT2D eigenvalue weighted by molar-refractivity contribution is -0.122. The molecule has 7 rings (SSSR count). The Balaban J connectivity index is 1.27. The van der Waals surface area contributed by atoms with Crippen LogP contribution < -0.4 is 24.3 Å². The Morgan fingerprint density at radius 1 is 0.510 bits per heavy atom. The molecule has 0 fully saturated rings. The van der Waals surface area contributed by atoms with E-state index in [0.717, 1.165) is 56.3 Å². The first kappa shape index (κ1) is 31.3. The van der Waals surface area contributed by atoms with Gasteiger partial charge < -0.3 is 29.2 Å². The molecule has 1 amide bonds. The maximum Gasteiger partial charge on any atom is 0.262 e. The summed E-state index contributed by atoms with van der Waals surface area (Å²) in [6.45, 7) is 0. The Hall–Kier alpha value is -6.35. The Bertz CT molecular complexity index is 2010. The van der Waals surface area contributed by atoms with Gasteiger partial charge in [-0.2, -0.15) is 0 Å². The summed E-state index contributed by atoms with van der Waals surface area (Å²) >= 11 is 0. The summed E-state index contributed by atoms with van der Waals surface area (Å²) in [6, 6.07) is 38.3. The van der Waals surface area contributed by atoms with Crippen molar-refractivity contribution in [2.45, 2.75) is 5.54 Å². The molecule has 0 spiro atoms. The fourth-order valence-corrected chi connectivity index (χ4v) is 6.02. The van der Waals surface area contributed by atoms with Crippen molar-refractivity contribution in [3.63, 3.8) is 0 Å². The summed E-state index contributed by atoms with van der Waals surface area (Å²) in [5.74, 6) is 3.85. The summed E-state index contributed by atoms with van der Waals surface area (Å²) in [7, 11) is 6.52.